The second-order valence-corrected chi connectivity index (χ2v) is 10.8. The minimum absolute atomic E-state index is 0.00402. The number of piperazine rings is 1. The molecule has 1 aromatic heterocycles. The maximum absolute atomic E-state index is 13.6. The van der Waals surface area contributed by atoms with Gasteiger partial charge in [-0.1, -0.05) is 36.4 Å². The molecule has 0 bridgehead atoms. The Hall–Kier alpha value is -3.99. The molecule has 3 amide bonds. The molecule has 1 saturated heterocycles. The van der Waals surface area contributed by atoms with Gasteiger partial charge in [0.1, 0.15) is 12.4 Å². The number of ether oxygens (including phenoxy) is 2. The Balaban J connectivity index is 1.39. The summed E-state index contributed by atoms with van der Waals surface area (Å²) >= 11 is 1.52. The van der Waals surface area contributed by atoms with Gasteiger partial charge in [-0.2, -0.15) is 5.10 Å². The first kappa shape index (κ1) is 25.3. The zero-order valence-electron chi connectivity index (χ0n) is 21.8. The Bertz CT molecular complexity index is 1430. The number of carbonyl (C=O) groups excluding carboxylic acids is 3. The first-order valence-corrected chi connectivity index (χ1v) is 13.9. The summed E-state index contributed by atoms with van der Waals surface area (Å²) in [5, 5.41) is 4.65. The van der Waals surface area contributed by atoms with E-state index in [2.05, 4.69) is 0 Å². The lowest BCUT2D eigenvalue weighted by Gasteiger charge is -2.35. The second kappa shape index (κ2) is 10.3. The Morgan fingerprint density at radius 2 is 1.72 bits per heavy atom. The Morgan fingerprint density at radius 3 is 2.46 bits per heavy atom. The molecule has 1 fully saturated rings. The zero-order valence-corrected chi connectivity index (χ0v) is 22.6. The zero-order chi connectivity index (χ0) is 27.1. The van der Waals surface area contributed by atoms with E-state index in [0.717, 1.165) is 22.4 Å². The summed E-state index contributed by atoms with van der Waals surface area (Å²) in [6.07, 6.45) is 0. The van der Waals surface area contributed by atoms with E-state index in [1.54, 1.807) is 19.4 Å². The van der Waals surface area contributed by atoms with Gasteiger partial charge in [0.15, 0.2) is 11.5 Å². The number of nitrogens with zero attached hydrogens (tertiary/aromatic N) is 5. The van der Waals surface area contributed by atoms with Crippen LogP contribution in [0.3, 0.4) is 0 Å². The number of carbonyl (C=O) groups is 3. The van der Waals surface area contributed by atoms with Crippen LogP contribution in [0.4, 0.5) is 5.82 Å². The molecule has 2 aromatic carbocycles. The summed E-state index contributed by atoms with van der Waals surface area (Å²) in [5.41, 5.74) is 3.55. The van der Waals surface area contributed by atoms with Crippen molar-refractivity contribution in [3.8, 4) is 22.8 Å². The molecule has 0 spiro atoms. The van der Waals surface area contributed by atoms with Gasteiger partial charge < -0.3 is 19.3 Å². The Kier molecular flexibility index (Phi) is 6.68. The van der Waals surface area contributed by atoms with Crippen LogP contribution in [0.1, 0.15) is 23.3 Å². The molecule has 3 aromatic rings. The molecule has 0 radical (unpaired) electrons. The summed E-state index contributed by atoms with van der Waals surface area (Å²) in [6.45, 7) is 3.51. The van der Waals surface area contributed by atoms with E-state index in [1.807, 2.05) is 55.6 Å². The highest BCUT2D eigenvalue weighted by atomic mass is 32.2. The lowest BCUT2D eigenvalue weighted by Crippen LogP contribution is -2.53. The van der Waals surface area contributed by atoms with Crippen molar-refractivity contribution >= 4 is 35.3 Å². The SMILES string of the molecule is CC(=O)N1CCN(C(=O)CN2C(=O)CSC(c3ccc4c(c3)OCO4)c3c(-c4ccccc4)nn(C)c32)CC1. The number of hydrogen-bond acceptors (Lipinski definition) is 7. The molecule has 0 saturated carbocycles. The van der Waals surface area contributed by atoms with Crippen molar-refractivity contribution in [1.82, 2.24) is 19.6 Å². The van der Waals surface area contributed by atoms with Crippen molar-refractivity contribution in [2.75, 3.05) is 50.2 Å². The van der Waals surface area contributed by atoms with E-state index in [0.29, 0.717) is 43.5 Å². The molecule has 11 heteroatoms. The topological polar surface area (TPSA) is 97.2 Å². The highest BCUT2D eigenvalue weighted by Crippen LogP contribution is 2.49. The lowest BCUT2D eigenvalue weighted by atomic mass is 9.99. The van der Waals surface area contributed by atoms with Gasteiger partial charge in [0.2, 0.25) is 24.5 Å². The molecule has 0 N–H and O–H groups in total. The van der Waals surface area contributed by atoms with Crippen LogP contribution in [0, 0.1) is 0 Å². The van der Waals surface area contributed by atoms with Crippen molar-refractivity contribution in [3.63, 3.8) is 0 Å². The molecule has 1 atom stereocenters. The maximum atomic E-state index is 13.6. The number of fused-ring (bicyclic) bond motifs is 2. The smallest absolute Gasteiger partial charge is 0.242 e. The van der Waals surface area contributed by atoms with E-state index in [-0.39, 0.29) is 42.1 Å². The van der Waals surface area contributed by atoms with E-state index >= 15 is 0 Å². The molecule has 0 aliphatic carbocycles. The van der Waals surface area contributed by atoms with Crippen molar-refractivity contribution in [1.29, 1.82) is 0 Å². The normalized spacial score (nSPS) is 18.7. The molecular weight excluding hydrogens is 518 g/mol. The fourth-order valence-electron chi connectivity index (χ4n) is 5.34. The van der Waals surface area contributed by atoms with Crippen molar-refractivity contribution < 1.29 is 23.9 Å². The van der Waals surface area contributed by atoms with Crippen LogP contribution in [-0.2, 0) is 21.4 Å². The number of aryl methyl sites for hydroxylation is 1. The van der Waals surface area contributed by atoms with Gasteiger partial charge in [-0.25, -0.2) is 0 Å². The Labute approximate surface area is 230 Å². The summed E-state index contributed by atoms with van der Waals surface area (Å²) in [7, 11) is 1.81. The first-order valence-electron chi connectivity index (χ1n) is 12.9. The van der Waals surface area contributed by atoms with E-state index in [1.165, 1.54) is 18.7 Å². The molecule has 10 nitrogen and oxygen atoms in total. The van der Waals surface area contributed by atoms with Crippen LogP contribution < -0.4 is 14.4 Å². The quantitative estimate of drug-likeness (QED) is 0.496. The van der Waals surface area contributed by atoms with E-state index < -0.39 is 0 Å². The molecule has 3 aliphatic heterocycles. The van der Waals surface area contributed by atoms with Crippen molar-refractivity contribution in [2.24, 2.45) is 7.05 Å². The predicted molar refractivity (Wildman–Crippen MR) is 147 cm³/mol. The highest BCUT2D eigenvalue weighted by Gasteiger charge is 2.38. The van der Waals surface area contributed by atoms with Gasteiger partial charge in [-0.05, 0) is 17.7 Å². The standard InChI is InChI=1S/C28H29N5O5S/c1-18(34)31-10-12-32(13-11-31)23(35)15-33-24(36)16-39-27(20-8-9-21-22(14-20)38-17-37-21)25-26(29-30(2)28(25)33)19-6-4-3-5-7-19/h3-9,14,27H,10-13,15-17H2,1-2H3. The van der Waals surface area contributed by atoms with Crippen LogP contribution in [0.2, 0.25) is 0 Å². The highest BCUT2D eigenvalue weighted by molar-refractivity contribution is 8.00. The molecule has 6 rings (SSSR count). The number of benzene rings is 2. The molecule has 1 unspecified atom stereocenters. The Morgan fingerprint density at radius 1 is 1.00 bits per heavy atom. The van der Waals surface area contributed by atoms with E-state index in [9.17, 15) is 14.4 Å². The van der Waals surface area contributed by atoms with Crippen molar-refractivity contribution in [3.05, 3.63) is 59.7 Å². The summed E-state index contributed by atoms with van der Waals surface area (Å²) in [4.78, 5) is 43.8. The van der Waals surface area contributed by atoms with Gasteiger partial charge in [-0.15, -0.1) is 11.8 Å². The summed E-state index contributed by atoms with van der Waals surface area (Å²) in [6, 6.07) is 15.7. The fraction of sp³-hybridized carbons (Fsp3) is 0.357. The van der Waals surface area contributed by atoms with Gasteiger partial charge in [0.25, 0.3) is 0 Å². The van der Waals surface area contributed by atoms with Crippen LogP contribution in [0.5, 0.6) is 11.5 Å². The number of thioether (sulfide) groups is 1. The fourth-order valence-corrected chi connectivity index (χ4v) is 6.53. The minimum Gasteiger partial charge on any atom is -0.454 e. The van der Waals surface area contributed by atoms with Gasteiger partial charge in [-0.3, -0.25) is 24.0 Å². The van der Waals surface area contributed by atoms with Crippen molar-refractivity contribution in [2.45, 2.75) is 12.2 Å². The third-order valence-electron chi connectivity index (χ3n) is 7.36. The van der Waals surface area contributed by atoms with Crippen LogP contribution >= 0.6 is 11.8 Å². The second-order valence-electron chi connectivity index (χ2n) is 9.75. The van der Waals surface area contributed by atoms with E-state index in [4.69, 9.17) is 14.6 Å². The predicted octanol–water partition coefficient (Wildman–Crippen LogP) is 2.68. The summed E-state index contributed by atoms with van der Waals surface area (Å²) < 4.78 is 12.9. The van der Waals surface area contributed by atoms with Crippen LogP contribution in [0.25, 0.3) is 11.3 Å². The molecule has 3 aliphatic rings. The van der Waals surface area contributed by atoms with Gasteiger partial charge in [0, 0.05) is 51.3 Å². The molecule has 202 valence electrons. The number of amides is 3. The largest absolute Gasteiger partial charge is 0.454 e. The molecular formula is C28H29N5O5S. The molecule has 4 heterocycles. The first-order chi connectivity index (χ1) is 18.9. The van der Waals surface area contributed by atoms with Gasteiger partial charge >= 0.3 is 0 Å². The lowest BCUT2D eigenvalue weighted by molar-refractivity contribution is -0.137. The third kappa shape index (κ3) is 4.71. The average Bonchev–Trinajstić information content (AvgIpc) is 3.52. The minimum atomic E-state index is -0.221. The number of anilines is 1. The monoisotopic (exact) mass is 547 g/mol. The number of hydrogen-bond donors (Lipinski definition) is 0. The summed E-state index contributed by atoms with van der Waals surface area (Å²) in [5.74, 6) is 1.89. The van der Waals surface area contributed by atoms with Crippen LogP contribution in [-0.4, -0.2) is 82.6 Å². The average molecular weight is 548 g/mol. The number of aromatic nitrogens is 2. The maximum Gasteiger partial charge on any atom is 0.242 e. The third-order valence-corrected chi connectivity index (χ3v) is 8.62. The van der Waals surface area contributed by atoms with Crippen LogP contribution in [0.15, 0.2) is 48.5 Å². The van der Waals surface area contributed by atoms with Gasteiger partial charge in [0.05, 0.1) is 16.7 Å². The number of rotatable bonds is 4. The molecule has 39 heavy (non-hydrogen) atoms.